The van der Waals surface area contributed by atoms with Gasteiger partial charge in [-0.1, -0.05) is 54.2 Å². The summed E-state index contributed by atoms with van der Waals surface area (Å²) in [5.74, 6) is -0.299. The molecule has 0 unspecified atom stereocenters. The maximum Gasteiger partial charge on any atom is 0.137 e. The minimum Gasteiger partial charge on any atom is -0.389 e. The lowest BCUT2D eigenvalue weighted by Gasteiger charge is -2.12. The van der Waals surface area contributed by atoms with Crippen molar-refractivity contribution in [3.05, 3.63) is 72.0 Å². The molecule has 0 saturated carbocycles. The first-order valence-corrected chi connectivity index (χ1v) is 7.60. The molecule has 1 N–H and O–H groups in total. The van der Waals surface area contributed by atoms with Crippen LogP contribution >= 0.6 is 11.8 Å². The third kappa shape index (κ3) is 2.94. The van der Waals surface area contributed by atoms with Crippen LogP contribution in [0.4, 0.5) is 4.39 Å². The van der Waals surface area contributed by atoms with Gasteiger partial charge in [-0.25, -0.2) is 4.39 Å². The molecule has 0 bridgehead atoms. The smallest absolute Gasteiger partial charge is 0.137 e. The molecule has 0 heterocycles. The van der Waals surface area contributed by atoms with Crippen molar-refractivity contribution in [2.45, 2.75) is 22.8 Å². The third-order valence-electron chi connectivity index (χ3n) is 3.39. The van der Waals surface area contributed by atoms with E-state index in [4.69, 9.17) is 0 Å². The van der Waals surface area contributed by atoms with Crippen LogP contribution in [-0.2, 0) is 0 Å². The topological polar surface area (TPSA) is 20.2 Å². The minimum absolute atomic E-state index is 0.299. The van der Waals surface area contributed by atoms with Gasteiger partial charge in [0, 0.05) is 4.90 Å². The van der Waals surface area contributed by atoms with Crippen molar-refractivity contribution in [2.24, 2.45) is 0 Å². The monoisotopic (exact) mass is 298 g/mol. The zero-order valence-corrected chi connectivity index (χ0v) is 12.4. The van der Waals surface area contributed by atoms with Gasteiger partial charge in [0.15, 0.2) is 0 Å². The molecule has 0 aromatic heterocycles. The molecular weight excluding hydrogens is 283 g/mol. The predicted molar refractivity (Wildman–Crippen MR) is 85.1 cm³/mol. The number of aliphatic hydroxyl groups is 1. The summed E-state index contributed by atoms with van der Waals surface area (Å²) < 4.78 is 14.1. The highest BCUT2D eigenvalue weighted by atomic mass is 32.2. The summed E-state index contributed by atoms with van der Waals surface area (Å²) >= 11 is 1.35. The number of aliphatic hydroxyl groups excluding tert-OH is 1. The maximum atomic E-state index is 14.1. The van der Waals surface area contributed by atoms with Gasteiger partial charge in [0.05, 0.1) is 11.0 Å². The first kappa shape index (κ1) is 14.1. The Labute approximate surface area is 127 Å². The molecule has 1 nitrogen and oxygen atoms in total. The van der Waals surface area contributed by atoms with Gasteiger partial charge in [0.25, 0.3) is 0 Å². The summed E-state index contributed by atoms with van der Waals surface area (Å²) in [4.78, 5) is 1.45. The molecule has 0 aliphatic heterocycles. The summed E-state index contributed by atoms with van der Waals surface area (Å²) in [7, 11) is 0. The largest absolute Gasteiger partial charge is 0.389 e. The molecule has 21 heavy (non-hydrogen) atoms. The van der Waals surface area contributed by atoms with E-state index >= 15 is 0 Å². The number of benzene rings is 3. The summed E-state index contributed by atoms with van der Waals surface area (Å²) in [5.41, 5.74) is 0.619. The quantitative estimate of drug-likeness (QED) is 0.718. The van der Waals surface area contributed by atoms with Gasteiger partial charge in [-0.2, -0.15) is 0 Å². The molecule has 3 aromatic carbocycles. The van der Waals surface area contributed by atoms with E-state index in [0.29, 0.717) is 10.5 Å². The van der Waals surface area contributed by atoms with Gasteiger partial charge in [0.2, 0.25) is 0 Å². The fourth-order valence-electron chi connectivity index (χ4n) is 2.31. The van der Waals surface area contributed by atoms with Crippen molar-refractivity contribution < 1.29 is 9.50 Å². The highest BCUT2D eigenvalue weighted by Gasteiger charge is 2.13. The van der Waals surface area contributed by atoms with E-state index in [9.17, 15) is 9.50 Å². The van der Waals surface area contributed by atoms with Crippen LogP contribution in [0.3, 0.4) is 0 Å². The molecule has 1 atom stereocenters. The Hall–Kier alpha value is -1.84. The summed E-state index contributed by atoms with van der Waals surface area (Å²) in [6, 6.07) is 18.9. The van der Waals surface area contributed by atoms with Crippen molar-refractivity contribution in [2.75, 3.05) is 0 Å². The Morgan fingerprint density at radius 1 is 0.952 bits per heavy atom. The van der Waals surface area contributed by atoms with Gasteiger partial charge in [-0.3, -0.25) is 0 Å². The maximum absolute atomic E-state index is 14.1. The first-order valence-electron chi connectivity index (χ1n) is 6.78. The molecule has 106 valence electrons. The molecule has 0 aliphatic carbocycles. The molecule has 3 heteroatoms. The fraction of sp³-hybridized carbons (Fsp3) is 0.111. The van der Waals surface area contributed by atoms with Crippen LogP contribution in [0.5, 0.6) is 0 Å². The number of hydrogen-bond donors (Lipinski definition) is 1. The summed E-state index contributed by atoms with van der Waals surface area (Å²) in [5, 5.41) is 12.1. The third-order valence-corrected chi connectivity index (χ3v) is 4.51. The van der Waals surface area contributed by atoms with E-state index in [2.05, 4.69) is 0 Å². The zero-order chi connectivity index (χ0) is 14.8. The Bertz CT molecular complexity index is 783. The van der Waals surface area contributed by atoms with Crippen LogP contribution in [0, 0.1) is 5.82 Å². The van der Waals surface area contributed by atoms with Crippen LogP contribution in [0.25, 0.3) is 10.8 Å². The van der Waals surface area contributed by atoms with Crippen LogP contribution < -0.4 is 0 Å². The molecule has 0 amide bonds. The molecular formula is C18H15FOS. The molecule has 3 aromatic rings. The van der Waals surface area contributed by atoms with Crippen molar-refractivity contribution in [1.29, 1.82) is 0 Å². The predicted octanol–water partition coefficient (Wildman–Crippen LogP) is 5.18. The van der Waals surface area contributed by atoms with Crippen molar-refractivity contribution >= 4 is 22.5 Å². The van der Waals surface area contributed by atoms with Crippen LogP contribution in [0.1, 0.15) is 18.6 Å². The summed E-state index contributed by atoms with van der Waals surface area (Å²) in [6.07, 6.45) is -0.691. The lowest BCUT2D eigenvalue weighted by atomic mass is 10.1. The van der Waals surface area contributed by atoms with Gasteiger partial charge in [0.1, 0.15) is 5.82 Å². The molecule has 0 fully saturated rings. The molecule has 0 saturated heterocycles. The van der Waals surface area contributed by atoms with E-state index in [1.165, 1.54) is 17.8 Å². The van der Waals surface area contributed by atoms with Crippen LogP contribution in [0.2, 0.25) is 0 Å². The average molecular weight is 298 g/mol. The molecule has 0 radical (unpaired) electrons. The normalized spacial score (nSPS) is 12.5. The van der Waals surface area contributed by atoms with Gasteiger partial charge >= 0.3 is 0 Å². The Morgan fingerprint density at radius 2 is 1.71 bits per heavy atom. The Morgan fingerprint density at radius 3 is 2.48 bits per heavy atom. The van der Waals surface area contributed by atoms with Gasteiger partial charge in [-0.15, -0.1) is 0 Å². The molecule has 0 spiro atoms. The first-order chi connectivity index (χ1) is 10.1. The van der Waals surface area contributed by atoms with Crippen molar-refractivity contribution in [3.8, 4) is 0 Å². The zero-order valence-electron chi connectivity index (χ0n) is 11.6. The Kier molecular flexibility index (Phi) is 3.95. The number of halogens is 1. The highest BCUT2D eigenvalue weighted by molar-refractivity contribution is 7.99. The second kappa shape index (κ2) is 5.88. The molecule has 0 aliphatic rings. The standard InChI is InChI=1S/C18H15FOS/c1-12(20)16-7-4-8-17(19)18(16)21-15-10-9-13-5-2-3-6-14(13)11-15/h2-12,20H,1H3/t12-/m0/s1. The second-order valence-electron chi connectivity index (χ2n) is 4.95. The van der Waals surface area contributed by atoms with E-state index < -0.39 is 6.10 Å². The van der Waals surface area contributed by atoms with E-state index in [1.807, 2.05) is 42.5 Å². The van der Waals surface area contributed by atoms with Crippen LogP contribution in [0.15, 0.2) is 70.5 Å². The fourth-order valence-corrected chi connectivity index (χ4v) is 3.39. The number of rotatable bonds is 3. The van der Waals surface area contributed by atoms with Gasteiger partial charge in [-0.05, 0) is 41.5 Å². The van der Waals surface area contributed by atoms with Crippen molar-refractivity contribution in [1.82, 2.24) is 0 Å². The Balaban J connectivity index is 2.02. The SMILES string of the molecule is C[C@H](O)c1cccc(F)c1Sc1ccc2ccccc2c1. The molecule has 3 rings (SSSR count). The van der Waals surface area contributed by atoms with E-state index in [-0.39, 0.29) is 5.82 Å². The van der Waals surface area contributed by atoms with Gasteiger partial charge < -0.3 is 5.11 Å². The lowest BCUT2D eigenvalue weighted by molar-refractivity contribution is 0.195. The minimum atomic E-state index is -0.691. The van der Waals surface area contributed by atoms with Crippen LogP contribution in [-0.4, -0.2) is 5.11 Å². The average Bonchev–Trinajstić information content (AvgIpc) is 2.49. The number of fused-ring (bicyclic) bond motifs is 1. The van der Waals surface area contributed by atoms with Crippen molar-refractivity contribution in [3.63, 3.8) is 0 Å². The van der Waals surface area contributed by atoms with E-state index in [0.717, 1.165) is 15.7 Å². The summed E-state index contributed by atoms with van der Waals surface area (Å²) in [6.45, 7) is 1.65. The number of hydrogen-bond acceptors (Lipinski definition) is 2. The lowest BCUT2D eigenvalue weighted by Crippen LogP contribution is -1.96. The highest BCUT2D eigenvalue weighted by Crippen LogP contribution is 2.36. The van der Waals surface area contributed by atoms with E-state index in [1.54, 1.807) is 19.1 Å². The second-order valence-corrected chi connectivity index (χ2v) is 6.03.